The summed E-state index contributed by atoms with van der Waals surface area (Å²) in [6.45, 7) is 4.49. The Kier molecular flexibility index (Phi) is 4.31. The second-order valence-corrected chi connectivity index (χ2v) is 7.42. The molecule has 106 valence electrons. The summed E-state index contributed by atoms with van der Waals surface area (Å²) >= 11 is 0. The van der Waals surface area contributed by atoms with E-state index in [1.165, 1.54) is 0 Å². The van der Waals surface area contributed by atoms with Crippen LogP contribution in [0.3, 0.4) is 0 Å². The third-order valence-corrected chi connectivity index (χ3v) is 5.99. The summed E-state index contributed by atoms with van der Waals surface area (Å²) in [6.07, 6.45) is 2.09. The Morgan fingerprint density at radius 3 is 2.68 bits per heavy atom. The molecule has 0 spiro atoms. The van der Waals surface area contributed by atoms with Gasteiger partial charge in [-0.1, -0.05) is 26.0 Å². The lowest BCUT2D eigenvalue weighted by Crippen LogP contribution is -2.44. The van der Waals surface area contributed by atoms with E-state index in [2.05, 4.69) is 19.2 Å². The molecule has 1 fully saturated rings. The summed E-state index contributed by atoms with van der Waals surface area (Å²) in [6, 6.07) is 7.89. The highest BCUT2D eigenvalue weighted by Crippen LogP contribution is 2.41. The van der Waals surface area contributed by atoms with Crippen molar-refractivity contribution in [3.05, 3.63) is 24.3 Å². The fraction of sp³-hybridized carbons (Fsp3) is 0.600. The van der Waals surface area contributed by atoms with Gasteiger partial charge in [0.2, 0.25) is 0 Å². The number of methoxy groups -OCH3 is 1. The highest BCUT2D eigenvalue weighted by Gasteiger charge is 2.44. The zero-order valence-electron chi connectivity index (χ0n) is 12.1. The Morgan fingerprint density at radius 2 is 2.05 bits per heavy atom. The van der Waals surface area contributed by atoms with Crippen LogP contribution in [0.5, 0.6) is 5.75 Å². The molecule has 19 heavy (non-hydrogen) atoms. The SMILES string of the molecule is CNC1C(S(=O)c2ccccc2OC)CCC1(C)C. The van der Waals surface area contributed by atoms with E-state index >= 15 is 0 Å². The molecule has 0 radical (unpaired) electrons. The van der Waals surface area contributed by atoms with Gasteiger partial charge in [0, 0.05) is 6.04 Å². The molecule has 0 aromatic heterocycles. The van der Waals surface area contributed by atoms with Crippen molar-refractivity contribution in [3.63, 3.8) is 0 Å². The molecule has 1 saturated carbocycles. The van der Waals surface area contributed by atoms with E-state index in [0.29, 0.717) is 0 Å². The minimum Gasteiger partial charge on any atom is -0.495 e. The Morgan fingerprint density at radius 1 is 1.37 bits per heavy atom. The fourth-order valence-electron chi connectivity index (χ4n) is 3.10. The van der Waals surface area contributed by atoms with Crippen LogP contribution in [0, 0.1) is 5.41 Å². The molecule has 1 aliphatic carbocycles. The minimum atomic E-state index is -1.03. The summed E-state index contributed by atoms with van der Waals surface area (Å²) in [5.41, 5.74) is 0.192. The van der Waals surface area contributed by atoms with Gasteiger partial charge >= 0.3 is 0 Å². The van der Waals surface area contributed by atoms with E-state index in [0.717, 1.165) is 23.5 Å². The largest absolute Gasteiger partial charge is 0.495 e. The molecular weight excluding hydrogens is 258 g/mol. The maximum Gasteiger partial charge on any atom is 0.134 e. The van der Waals surface area contributed by atoms with Gasteiger partial charge in [-0.05, 0) is 37.4 Å². The molecule has 1 aromatic carbocycles. The molecule has 3 nitrogen and oxygen atoms in total. The van der Waals surface area contributed by atoms with Crippen LogP contribution in [0.2, 0.25) is 0 Å². The normalized spacial score (nSPS) is 27.2. The molecule has 0 saturated heterocycles. The van der Waals surface area contributed by atoms with Gasteiger partial charge in [0.15, 0.2) is 0 Å². The third kappa shape index (κ3) is 2.70. The van der Waals surface area contributed by atoms with Gasteiger partial charge in [-0.2, -0.15) is 0 Å². The van der Waals surface area contributed by atoms with Crippen molar-refractivity contribution in [1.82, 2.24) is 5.32 Å². The van der Waals surface area contributed by atoms with Gasteiger partial charge in [0.25, 0.3) is 0 Å². The summed E-state index contributed by atoms with van der Waals surface area (Å²) in [5.74, 6) is 0.723. The lowest BCUT2D eigenvalue weighted by Gasteiger charge is -2.30. The summed E-state index contributed by atoms with van der Waals surface area (Å²) in [7, 11) is 2.56. The number of benzene rings is 1. The van der Waals surface area contributed by atoms with E-state index < -0.39 is 10.8 Å². The zero-order valence-corrected chi connectivity index (χ0v) is 12.9. The van der Waals surface area contributed by atoms with Gasteiger partial charge in [-0.3, -0.25) is 4.21 Å². The summed E-state index contributed by atoms with van der Waals surface area (Å²) in [5, 5.41) is 3.51. The monoisotopic (exact) mass is 281 g/mol. The molecule has 0 amide bonds. The molecule has 1 aliphatic rings. The Bertz CT molecular complexity index is 473. The molecule has 1 N–H and O–H groups in total. The van der Waals surface area contributed by atoms with Crippen molar-refractivity contribution in [2.75, 3.05) is 14.2 Å². The van der Waals surface area contributed by atoms with Crippen molar-refractivity contribution in [3.8, 4) is 5.75 Å². The third-order valence-electron chi connectivity index (χ3n) is 4.16. The van der Waals surface area contributed by atoms with Crippen molar-refractivity contribution in [2.45, 2.75) is 42.9 Å². The molecular formula is C15H23NO2S. The van der Waals surface area contributed by atoms with Crippen molar-refractivity contribution in [1.29, 1.82) is 0 Å². The van der Waals surface area contributed by atoms with E-state index in [9.17, 15) is 4.21 Å². The van der Waals surface area contributed by atoms with E-state index in [-0.39, 0.29) is 16.7 Å². The lowest BCUT2D eigenvalue weighted by molar-refractivity contribution is 0.299. The number of hydrogen-bond acceptors (Lipinski definition) is 3. The van der Waals surface area contributed by atoms with Crippen LogP contribution >= 0.6 is 0 Å². The van der Waals surface area contributed by atoms with Crippen LogP contribution in [0.4, 0.5) is 0 Å². The Labute approximate surface area is 118 Å². The number of hydrogen-bond donors (Lipinski definition) is 1. The van der Waals surface area contributed by atoms with Gasteiger partial charge in [-0.25, -0.2) is 0 Å². The molecule has 0 bridgehead atoms. The molecule has 0 aliphatic heterocycles. The van der Waals surface area contributed by atoms with E-state index in [4.69, 9.17) is 4.74 Å². The Balaban J connectivity index is 2.30. The molecule has 4 heteroatoms. The quantitative estimate of drug-likeness (QED) is 0.922. The average Bonchev–Trinajstić information content (AvgIpc) is 2.72. The molecule has 0 heterocycles. The zero-order chi connectivity index (χ0) is 14.0. The van der Waals surface area contributed by atoms with Gasteiger partial charge in [0.1, 0.15) is 5.75 Å². The van der Waals surface area contributed by atoms with Gasteiger partial charge < -0.3 is 10.1 Å². The average molecular weight is 281 g/mol. The van der Waals surface area contributed by atoms with Crippen molar-refractivity contribution in [2.24, 2.45) is 5.41 Å². The number of ether oxygens (including phenoxy) is 1. The first-order valence-electron chi connectivity index (χ1n) is 6.72. The van der Waals surface area contributed by atoms with Gasteiger partial charge in [0.05, 0.1) is 28.1 Å². The smallest absolute Gasteiger partial charge is 0.134 e. The van der Waals surface area contributed by atoms with E-state index in [1.807, 2.05) is 31.3 Å². The van der Waals surface area contributed by atoms with Crippen LogP contribution in [0.1, 0.15) is 26.7 Å². The number of para-hydroxylation sites is 1. The molecule has 3 atom stereocenters. The highest BCUT2D eigenvalue weighted by atomic mass is 32.2. The first-order chi connectivity index (χ1) is 9.01. The molecule has 1 aromatic rings. The second kappa shape index (κ2) is 5.63. The van der Waals surface area contributed by atoms with Crippen LogP contribution in [0.15, 0.2) is 29.2 Å². The second-order valence-electron chi connectivity index (χ2n) is 5.78. The highest BCUT2D eigenvalue weighted by molar-refractivity contribution is 7.85. The molecule has 3 unspecified atom stereocenters. The maximum absolute atomic E-state index is 12.9. The Hall–Kier alpha value is -0.870. The van der Waals surface area contributed by atoms with Crippen molar-refractivity contribution < 1.29 is 8.95 Å². The van der Waals surface area contributed by atoms with E-state index in [1.54, 1.807) is 7.11 Å². The number of rotatable bonds is 4. The van der Waals surface area contributed by atoms with Crippen LogP contribution < -0.4 is 10.1 Å². The predicted octanol–water partition coefficient (Wildman–Crippen LogP) is 2.58. The predicted molar refractivity (Wildman–Crippen MR) is 79.1 cm³/mol. The summed E-state index contributed by atoms with van der Waals surface area (Å²) < 4.78 is 18.2. The first-order valence-corrected chi connectivity index (χ1v) is 7.93. The van der Waals surface area contributed by atoms with Crippen molar-refractivity contribution >= 4 is 10.8 Å². The minimum absolute atomic E-state index is 0.149. The van der Waals surface area contributed by atoms with Gasteiger partial charge in [-0.15, -0.1) is 0 Å². The standard InChI is InChI=1S/C15H23NO2S/c1-15(2)10-9-13(14(15)16-3)19(17)12-8-6-5-7-11(12)18-4/h5-8,13-14,16H,9-10H2,1-4H3. The fourth-order valence-corrected chi connectivity index (χ4v) is 5.07. The first kappa shape index (κ1) is 14.5. The van der Waals surface area contributed by atoms with Crippen LogP contribution in [-0.2, 0) is 10.8 Å². The lowest BCUT2D eigenvalue weighted by atomic mass is 9.87. The number of nitrogens with one attached hydrogen (secondary N) is 1. The summed E-state index contributed by atoms with van der Waals surface area (Å²) in [4.78, 5) is 0.813. The maximum atomic E-state index is 12.9. The molecule has 2 rings (SSSR count). The topological polar surface area (TPSA) is 38.3 Å². The van der Waals surface area contributed by atoms with Crippen LogP contribution in [0.25, 0.3) is 0 Å². The van der Waals surface area contributed by atoms with Crippen LogP contribution in [-0.4, -0.2) is 29.7 Å².